The number of carbonyl (C=O) groups is 1. The summed E-state index contributed by atoms with van der Waals surface area (Å²) < 4.78 is 0. The number of aliphatic hydroxyl groups is 1. The van der Waals surface area contributed by atoms with E-state index in [1.54, 1.807) is 6.07 Å². The number of aromatic carboxylic acids is 1. The predicted molar refractivity (Wildman–Crippen MR) is 86.2 cm³/mol. The highest BCUT2D eigenvalue weighted by Crippen LogP contribution is 2.10. The van der Waals surface area contributed by atoms with Gasteiger partial charge in [0.25, 0.3) is 0 Å². The zero-order valence-corrected chi connectivity index (χ0v) is 12.6. The molecule has 0 bridgehead atoms. The summed E-state index contributed by atoms with van der Waals surface area (Å²) in [6.07, 6.45) is -0.388. The van der Waals surface area contributed by atoms with E-state index in [0.717, 1.165) is 5.56 Å². The van der Waals surface area contributed by atoms with E-state index in [1.165, 1.54) is 12.1 Å². The number of H-pyrrole nitrogens is 1. The van der Waals surface area contributed by atoms with E-state index in [-0.39, 0.29) is 11.7 Å². The predicted octanol–water partition coefficient (Wildman–Crippen LogP) is 1.60. The molecule has 0 saturated carbocycles. The third kappa shape index (κ3) is 4.60. The Balaban J connectivity index is 0.000000168. The Kier molecular flexibility index (Phi) is 5.79. The summed E-state index contributed by atoms with van der Waals surface area (Å²) in [4.78, 5) is 10.5. The van der Waals surface area contributed by atoms with Crippen LogP contribution >= 0.6 is 0 Å². The molecule has 0 saturated heterocycles. The summed E-state index contributed by atoms with van der Waals surface area (Å²) in [6.45, 7) is 0.601. The second-order valence-electron chi connectivity index (χ2n) is 4.82. The lowest BCUT2D eigenvalue weighted by Gasteiger charge is -2.08. The van der Waals surface area contributed by atoms with Crippen molar-refractivity contribution in [3.8, 4) is 0 Å². The minimum Gasteiger partial charge on any atom is -0.478 e. The van der Waals surface area contributed by atoms with Crippen molar-refractivity contribution in [2.45, 2.75) is 6.10 Å². The maximum absolute atomic E-state index is 10.5. The number of likely N-dealkylation sites (N-methyl/N-ethyl adjacent to an activating group) is 1. The average molecular weight is 314 g/mol. The molecule has 1 atom stereocenters. The fourth-order valence-corrected chi connectivity index (χ4v) is 1.96. The van der Waals surface area contributed by atoms with Gasteiger partial charge in [-0.15, -0.1) is 0 Å². The van der Waals surface area contributed by atoms with E-state index >= 15 is 0 Å². The molecular weight excluding hydrogens is 296 g/mol. The summed E-state index contributed by atoms with van der Waals surface area (Å²) in [6, 6.07) is 14.2. The lowest BCUT2D eigenvalue weighted by Crippen LogP contribution is -2.16. The van der Waals surface area contributed by atoms with Gasteiger partial charge in [-0.1, -0.05) is 30.3 Å². The summed E-state index contributed by atoms with van der Waals surface area (Å²) in [7, 11) is 1.83. The maximum atomic E-state index is 10.5. The molecule has 0 amide bonds. The number of rotatable bonds is 4. The summed E-state index contributed by atoms with van der Waals surface area (Å²) >= 11 is 0. The van der Waals surface area contributed by atoms with Gasteiger partial charge in [-0.25, -0.2) is 4.79 Å². The Morgan fingerprint density at radius 2 is 1.87 bits per heavy atom. The normalized spacial score (nSPS) is 11.6. The van der Waals surface area contributed by atoms with Crippen molar-refractivity contribution in [1.29, 1.82) is 0 Å². The second-order valence-corrected chi connectivity index (χ2v) is 4.82. The van der Waals surface area contributed by atoms with Crippen LogP contribution in [0.3, 0.4) is 0 Å². The molecule has 1 unspecified atom stereocenters. The van der Waals surface area contributed by atoms with Crippen LogP contribution in [0.5, 0.6) is 0 Å². The number of carboxylic acid groups (broad SMARTS) is 1. The summed E-state index contributed by atoms with van der Waals surface area (Å²) in [5.41, 5.74) is 2.41. The minimum absolute atomic E-state index is 0.219. The van der Waals surface area contributed by atoms with E-state index in [4.69, 9.17) is 5.11 Å². The topological polar surface area (TPSA) is 111 Å². The van der Waals surface area contributed by atoms with Gasteiger partial charge in [0.2, 0.25) is 0 Å². The van der Waals surface area contributed by atoms with Crippen LogP contribution in [0.2, 0.25) is 0 Å². The molecule has 0 aliphatic heterocycles. The molecule has 2 aromatic carbocycles. The first-order valence-corrected chi connectivity index (χ1v) is 7.03. The first-order chi connectivity index (χ1) is 11.1. The molecule has 7 heteroatoms. The van der Waals surface area contributed by atoms with Gasteiger partial charge in [0.15, 0.2) is 0 Å². The fourth-order valence-electron chi connectivity index (χ4n) is 1.96. The van der Waals surface area contributed by atoms with Gasteiger partial charge in [-0.05, 0) is 30.8 Å². The number of fused-ring (bicyclic) bond motifs is 1. The van der Waals surface area contributed by atoms with Crippen LogP contribution in [0.25, 0.3) is 11.0 Å². The first-order valence-electron chi connectivity index (χ1n) is 7.03. The standard InChI is InChI=1S/C9H13NO.C7H5N3O2/c1-10-7-9(11)8-5-3-2-4-6-8;11-7(12)4-1-2-5-6(3-4)9-10-8-5/h2-6,9-11H,7H2,1H3;1-3H,(H,11,12)(H,8,9,10). The van der Waals surface area contributed by atoms with E-state index < -0.39 is 5.97 Å². The minimum atomic E-state index is -0.958. The van der Waals surface area contributed by atoms with Gasteiger partial charge in [0, 0.05) is 6.54 Å². The molecule has 120 valence electrons. The van der Waals surface area contributed by atoms with Gasteiger partial charge < -0.3 is 15.5 Å². The number of aliphatic hydroxyl groups excluding tert-OH is 1. The number of carboxylic acids is 1. The number of nitrogens with one attached hydrogen (secondary N) is 2. The van der Waals surface area contributed by atoms with Crippen molar-refractivity contribution in [3.63, 3.8) is 0 Å². The molecule has 3 rings (SSSR count). The fraction of sp³-hybridized carbons (Fsp3) is 0.188. The van der Waals surface area contributed by atoms with Crippen molar-refractivity contribution < 1.29 is 15.0 Å². The SMILES string of the molecule is CNCC(O)c1ccccc1.O=C(O)c1ccc2n[nH]nc2c1. The molecule has 0 aliphatic carbocycles. The average Bonchev–Trinajstić information content (AvgIpc) is 3.04. The lowest BCUT2D eigenvalue weighted by atomic mass is 10.1. The molecule has 1 heterocycles. The van der Waals surface area contributed by atoms with Gasteiger partial charge in [0.1, 0.15) is 11.0 Å². The number of benzene rings is 2. The van der Waals surface area contributed by atoms with Gasteiger partial charge in [-0.2, -0.15) is 15.4 Å². The highest BCUT2D eigenvalue weighted by molar-refractivity contribution is 5.91. The molecule has 0 fully saturated rings. The quantitative estimate of drug-likeness (QED) is 0.582. The van der Waals surface area contributed by atoms with E-state index in [2.05, 4.69) is 20.7 Å². The smallest absolute Gasteiger partial charge is 0.335 e. The van der Waals surface area contributed by atoms with E-state index in [9.17, 15) is 9.90 Å². The van der Waals surface area contributed by atoms with Gasteiger partial charge >= 0.3 is 5.97 Å². The Bertz CT molecular complexity index is 758. The Morgan fingerprint density at radius 3 is 2.52 bits per heavy atom. The third-order valence-electron chi connectivity index (χ3n) is 3.15. The van der Waals surface area contributed by atoms with Crippen molar-refractivity contribution in [1.82, 2.24) is 20.7 Å². The maximum Gasteiger partial charge on any atom is 0.335 e. The van der Waals surface area contributed by atoms with Crippen molar-refractivity contribution in [2.75, 3.05) is 13.6 Å². The van der Waals surface area contributed by atoms with Crippen molar-refractivity contribution >= 4 is 17.0 Å². The van der Waals surface area contributed by atoms with Crippen LogP contribution in [0.15, 0.2) is 48.5 Å². The molecule has 7 nitrogen and oxygen atoms in total. The molecule has 0 radical (unpaired) electrons. The van der Waals surface area contributed by atoms with E-state index in [1.807, 2.05) is 37.4 Å². The van der Waals surface area contributed by atoms with Crippen LogP contribution in [0.1, 0.15) is 22.0 Å². The molecule has 4 N–H and O–H groups in total. The monoisotopic (exact) mass is 314 g/mol. The number of aromatic amines is 1. The Labute approximate surface area is 133 Å². The Hall–Kier alpha value is -2.77. The highest BCUT2D eigenvalue weighted by atomic mass is 16.4. The van der Waals surface area contributed by atoms with E-state index in [0.29, 0.717) is 17.6 Å². The van der Waals surface area contributed by atoms with Gasteiger partial charge in [-0.3, -0.25) is 0 Å². The van der Waals surface area contributed by atoms with Gasteiger partial charge in [0.05, 0.1) is 11.7 Å². The largest absolute Gasteiger partial charge is 0.478 e. The molecule has 1 aromatic heterocycles. The van der Waals surface area contributed by atoms with Crippen LogP contribution in [0, 0.1) is 0 Å². The van der Waals surface area contributed by atoms with Crippen LogP contribution < -0.4 is 5.32 Å². The lowest BCUT2D eigenvalue weighted by molar-refractivity contribution is 0.0697. The first kappa shape index (κ1) is 16.6. The zero-order valence-electron chi connectivity index (χ0n) is 12.6. The Morgan fingerprint density at radius 1 is 1.17 bits per heavy atom. The number of aromatic nitrogens is 3. The molecule has 23 heavy (non-hydrogen) atoms. The highest BCUT2D eigenvalue weighted by Gasteiger charge is 2.05. The number of hydrogen-bond donors (Lipinski definition) is 4. The molecule has 3 aromatic rings. The van der Waals surface area contributed by atoms with Crippen LogP contribution in [0.4, 0.5) is 0 Å². The third-order valence-corrected chi connectivity index (χ3v) is 3.15. The molecular formula is C16H18N4O3. The van der Waals surface area contributed by atoms with Crippen LogP contribution in [-0.4, -0.2) is 45.2 Å². The zero-order chi connectivity index (χ0) is 16.7. The number of nitrogens with zero attached hydrogens (tertiary/aromatic N) is 2. The number of hydrogen-bond acceptors (Lipinski definition) is 5. The van der Waals surface area contributed by atoms with Crippen LogP contribution in [-0.2, 0) is 0 Å². The van der Waals surface area contributed by atoms with Crippen molar-refractivity contribution in [3.05, 3.63) is 59.7 Å². The summed E-state index contributed by atoms with van der Waals surface area (Å²) in [5, 5.41) is 31.0. The summed E-state index contributed by atoms with van der Waals surface area (Å²) in [5.74, 6) is -0.958. The van der Waals surface area contributed by atoms with Crippen molar-refractivity contribution in [2.24, 2.45) is 0 Å². The second kappa shape index (κ2) is 8.02. The molecule has 0 aliphatic rings. The molecule has 0 spiro atoms.